The van der Waals surface area contributed by atoms with Gasteiger partial charge in [0.05, 0.1) is 26.9 Å². The minimum absolute atomic E-state index is 0.235. The number of aliphatic hydroxyl groups excluding tert-OH is 1. The molecule has 2 aliphatic heterocycles. The molecule has 0 radical (unpaired) electrons. The minimum Gasteiger partial charge on any atom is -0.507 e. The lowest BCUT2D eigenvalue weighted by Crippen LogP contribution is -2.67. The second kappa shape index (κ2) is 9.66. The first kappa shape index (κ1) is 23.5. The Bertz CT molecular complexity index is 1110. The second-order valence-corrected chi connectivity index (χ2v) is 7.75. The lowest BCUT2D eigenvalue weighted by Gasteiger charge is -2.45. The summed E-state index contributed by atoms with van der Waals surface area (Å²) < 4.78 is 16.1. The van der Waals surface area contributed by atoms with Crippen LogP contribution in [0.5, 0.6) is 5.75 Å². The van der Waals surface area contributed by atoms with Crippen molar-refractivity contribution in [2.75, 3.05) is 44.9 Å². The van der Waals surface area contributed by atoms with Crippen molar-refractivity contribution in [2.45, 2.75) is 12.6 Å². The number of esters is 1. The Balaban J connectivity index is 1.99. The summed E-state index contributed by atoms with van der Waals surface area (Å²) in [7, 11) is 1.19. The predicted octanol–water partition coefficient (Wildman–Crippen LogP) is 2.17. The summed E-state index contributed by atoms with van der Waals surface area (Å²) in [5, 5.41) is 11.4. The molecule has 2 aromatic rings. The van der Waals surface area contributed by atoms with Crippen molar-refractivity contribution in [1.29, 1.82) is 0 Å². The van der Waals surface area contributed by atoms with Crippen LogP contribution in [0.2, 0.25) is 0 Å². The smallest absolute Gasteiger partial charge is 0.352 e. The van der Waals surface area contributed by atoms with E-state index < -0.39 is 29.1 Å². The number of amides is 1. The first-order chi connectivity index (χ1) is 16.5. The molecule has 0 bridgehead atoms. The van der Waals surface area contributed by atoms with Gasteiger partial charge < -0.3 is 19.3 Å². The second-order valence-electron chi connectivity index (χ2n) is 7.75. The standard InChI is InChI=1S/C25H26N2O7/c1-3-34-19-11-9-17(10-12-19)21(28)20-22(29)23(30)27(18-7-5-4-6-8-18)25(20,24(31)32-2)26-13-15-33-16-14-26/h4-12,28H,3,13-16H2,1-2H3/t25-/m1/s1. The molecule has 178 valence electrons. The number of carbonyl (C=O) groups excluding carboxylic acids is 3. The van der Waals surface area contributed by atoms with Crippen molar-refractivity contribution < 1.29 is 33.7 Å². The molecule has 9 heteroatoms. The van der Waals surface area contributed by atoms with Crippen molar-refractivity contribution in [3.8, 4) is 5.75 Å². The van der Waals surface area contributed by atoms with Crippen molar-refractivity contribution in [1.82, 2.24) is 4.90 Å². The lowest BCUT2D eigenvalue weighted by molar-refractivity contribution is -0.155. The van der Waals surface area contributed by atoms with Gasteiger partial charge in [0.15, 0.2) is 0 Å². The van der Waals surface area contributed by atoms with Crippen molar-refractivity contribution in [3.63, 3.8) is 0 Å². The molecule has 34 heavy (non-hydrogen) atoms. The Labute approximate surface area is 197 Å². The number of benzene rings is 2. The van der Waals surface area contributed by atoms with Crippen LogP contribution in [-0.2, 0) is 23.9 Å². The molecule has 2 fully saturated rings. The Morgan fingerprint density at radius 3 is 2.29 bits per heavy atom. The molecule has 2 heterocycles. The number of ketones is 1. The number of hydrogen-bond donors (Lipinski definition) is 1. The Hall–Kier alpha value is -3.69. The maximum atomic E-state index is 13.6. The van der Waals surface area contributed by atoms with Crippen LogP contribution in [0.15, 0.2) is 60.2 Å². The SMILES string of the molecule is CCOc1ccc(C(O)=C2C(=O)C(=O)N(c3ccccc3)[C@]2(C(=O)OC)N2CCOCC2)cc1. The largest absolute Gasteiger partial charge is 0.507 e. The maximum absolute atomic E-state index is 13.6. The average molecular weight is 466 g/mol. The predicted molar refractivity (Wildman–Crippen MR) is 123 cm³/mol. The molecule has 4 rings (SSSR count). The van der Waals surface area contributed by atoms with E-state index in [1.54, 1.807) is 59.5 Å². The van der Waals surface area contributed by atoms with E-state index in [9.17, 15) is 19.5 Å². The normalized spacial score (nSPS) is 22.6. The highest BCUT2D eigenvalue weighted by Gasteiger charge is 2.66. The number of hydrogen-bond acceptors (Lipinski definition) is 8. The third kappa shape index (κ3) is 3.72. The molecular weight excluding hydrogens is 440 g/mol. The Morgan fingerprint density at radius 1 is 1.06 bits per heavy atom. The van der Waals surface area contributed by atoms with Crippen molar-refractivity contribution >= 4 is 29.1 Å². The van der Waals surface area contributed by atoms with Gasteiger partial charge in [0.1, 0.15) is 17.1 Å². The van der Waals surface area contributed by atoms with Crippen molar-refractivity contribution in [2.24, 2.45) is 0 Å². The molecule has 2 aliphatic rings. The van der Waals surface area contributed by atoms with E-state index in [2.05, 4.69) is 0 Å². The summed E-state index contributed by atoms with van der Waals surface area (Å²) >= 11 is 0. The van der Waals surface area contributed by atoms with E-state index in [0.717, 1.165) is 4.90 Å². The molecule has 9 nitrogen and oxygen atoms in total. The minimum atomic E-state index is -2.00. The molecule has 1 atom stereocenters. The number of methoxy groups -OCH3 is 1. The summed E-state index contributed by atoms with van der Waals surface area (Å²) in [6, 6.07) is 14.8. The monoisotopic (exact) mass is 466 g/mol. The van der Waals surface area contributed by atoms with Gasteiger partial charge in [-0.3, -0.25) is 19.4 Å². The molecule has 0 spiro atoms. The van der Waals surface area contributed by atoms with Gasteiger partial charge in [-0.1, -0.05) is 18.2 Å². The number of carbonyl (C=O) groups is 3. The molecule has 0 aliphatic carbocycles. The van der Waals surface area contributed by atoms with Crippen LogP contribution in [0.3, 0.4) is 0 Å². The summed E-state index contributed by atoms with van der Waals surface area (Å²) in [5.74, 6) is -2.67. The molecule has 0 aromatic heterocycles. The summed E-state index contributed by atoms with van der Waals surface area (Å²) in [4.78, 5) is 43.2. The first-order valence-electron chi connectivity index (χ1n) is 11.0. The van der Waals surface area contributed by atoms with Gasteiger partial charge >= 0.3 is 11.9 Å². The zero-order valence-electron chi connectivity index (χ0n) is 19.0. The number of ether oxygens (including phenoxy) is 3. The van der Waals surface area contributed by atoms with Crippen LogP contribution in [0.4, 0.5) is 5.69 Å². The Kier molecular flexibility index (Phi) is 6.67. The quantitative estimate of drug-likeness (QED) is 0.299. The van der Waals surface area contributed by atoms with Gasteiger partial charge in [0, 0.05) is 24.3 Å². The van der Waals surface area contributed by atoms with E-state index in [-0.39, 0.29) is 37.4 Å². The molecule has 0 saturated carbocycles. The fourth-order valence-electron chi connectivity index (χ4n) is 4.45. The average Bonchev–Trinajstić information content (AvgIpc) is 3.12. The molecule has 1 amide bonds. The van der Waals surface area contributed by atoms with Gasteiger partial charge in [-0.2, -0.15) is 0 Å². The number of rotatable bonds is 6. The van der Waals surface area contributed by atoms with Crippen LogP contribution < -0.4 is 9.64 Å². The first-order valence-corrected chi connectivity index (χ1v) is 11.0. The van der Waals surface area contributed by atoms with Gasteiger partial charge in [-0.05, 0) is 43.3 Å². The lowest BCUT2D eigenvalue weighted by atomic mass is 9.92. The van der Waals surface area contributed by atoms with Crippen molar-refractivity contribution in [3.05, 3.63) is 65.7 Å². The van der Waals surface area contributed by atoms with E-state index in [0.29, 0.717) is 18.0 Å². The third-order valence-electron chi connectivity index (χ3n) is 5.93. The van der Waals surface area contributed by atoms with Gasteiger partial charge in [0.25, 0.3) is 5.78 Å². The number of anilines is 1. The molecule has 2 aromatic carbocycles. The summed E-state index contributed by atoms with van der Waals surface area (Å²) in [6.45, 7) is 3.34. The number of nitrogens with zero attached hydrogens (tertiary/aromatic N) is 2. The zero-order chi connectivity index (χ0) is 24.3. The van der Waals surface area contributed by atoms with Crippen LogP contribution in [0, 0.1) is 0 Å². The number of aliphatic hydroxyl groups is 1. The number of morpholine rings is 1. The molecular formula is C25H26N2O7. The van der Waals surface area contributed by atoms with Crippen LogP contribution in [-0.4, -0.2) is 73.3 Å². The maximum Gasteiger partial charge on any atom is 0.352 e. The highest BCUT2D eigenvalue weighted by molar-refractivity contribution is 6.54. The zero-order valence-corrected chi connectivity index (χ0v) is 19.0. The molecule has 1 N–H and O–H groups in total. The fourth-order valence-corrected chi connectivity index (χ4v) is 4.45. The summed E-state index contributed by atoms with van der Waals surface area (Å²) in [5.41, 5.74) is -1.76. The van der Waals surface area contributed by atoms with Crippen LogP contribution >= 0.6 is 0 Å². The highest BCUT2D eigenvalue weighted by Crippen LogP contribution is 2.44. The summed E-state index contributed by atoms with van der Waals surface area (Å²) in [6.07, 6.45) is 0. The highest BCUT2D eigenvalue weighted by atomic mass is 16.5. The number of Topliss-reactive ketones (excluding diaryl/α,β-unsaturated/α-hetero) is 1. The van der Waals surface area contributed by atoms with Crippen LogP contribution in [0.1, 0.15) is 12.5 Å². The van der Waals surface area contributed by atoms with E-state index in [4.69, 9.17) is 14.2 Å². The van der Waals surface area contributed by atoms with E-state index in [1.165, 1.54) is 7.11 Å². The Morgan fingerprint density at radius 2 is 1.71 bits per heavy atom. The third-order valence-corrected chi connectivity index (χ3v) is 5.93. The van der Waals surface area contributed by atoms with Gasteiger partial charge in [0.2, 0.25) is 5.66 Å². The molecule has 0 unspecified atom stereocenters. The van der Waals surface area contributed by atoms with Gasteiger partial charge in [-0.15, -0.1) is 0 Å². The van der Waals surface area contributed by atoms with Gasteiger partial charge in [-0.25, -0.2) is 4.79 Å². The number of para-hydroxylation sites is 1. The molecule has 2 saturated heterocycles. The van der Waals surface area contributed by atoms with Crippen LogP contribution in [0.25, 0.3) is 5.76 Å². The van der Waals surface area contributed by atoms with E-state index in [1.807, 2.05) is 6.92 Å². The van der Waals surface area contributed by atoms with E-state index >= 15 is 0 Å². The fraction of sp³-hybridized carbons (Fsp3) is 0.320. The topological polar surface area (TPSA) is 106 Å².